The Hall–Kier alpha value is -1.10. The summed E-state index contributed by atoms with van der Waals surface area (Å²) in [5.41, 5.74) is 2.14. The lowest BCUT2D eigenvalue weighted by Crippen LogP contribution is -2.29. The highest BCUT2D eigenvalue weighted by atomic mass is 79.9. The maximum Gasteiger partial charge on any atom is 0.170 e. The van der Waals surface area contributed by atoms with Crippen LogP contribution in [-0.4, -0.2) is 11.7 Å². The highest BCUT2D eigenvalue weighted by Gasteiger charge is 2.00. The molecule has 0 heterocycles. The van der Waals surface area contributed by atoms with Crippen molar-refractivity contribution in [3.63, 3.8) is 0 Å². The van der Waals surface area contributed by atoms with Gasteiger partial charge in [0.05, 0.1) is 0 Å². The Morgan fingerprint density at radius 1 is 1.14 bits per heavy atom. The number of halogens is 2. The van der Waals surface area contributed by atoms with Crippen LogP contribution in [0.15, 0.2) is 53.0 Å². The van der Waals surface area contributed by atoms with E-state index in [-0.39, 0.29) is 0 Å². The Morgan fingerprint density at radius 2 is 1.95 bits per heavy atom. The smallest absolute Gasteiger partial charge is 0.170 e. The second-order valence-electron chi connectivity index (χ2n) is 4.59. The monoisotopic (exact) mass is 382 g/mol. The standard InChI is InChI=1S/C16H16BrClN2S/c17-13-7-3-8-14(11-13)20-16(21)19-10-4-6-12-5-1-2-9-15(12)18/h1-3,5,7-9,11H,4,6,10H2,(H2,19,20,21). The zero-order chi connectivity index (χ0) is 15.1. The van der Waals surface area contributed by atoms with Gasteiger partial charge in [-0.3, -0.25) is 0 Å². The van der Waals surface area contributed by atoms with E-state index < -0.39 is 0 Å². The largest absolute Gasteiger partial charge is 0.362 e. The highest BCUT2D eigenvalue weighted by molar-refractivity contribution is 9.10. The SMILES string of the molecule is S=C(NCCCc1ccccc1Cl)Nc1cccc(Br)c1. The van der Waals surface area contributed by atoms with Crippen LogP contribution in [0.4, 0.5) is 5.69 Å². The van der Waals surface area contributed by atoms with Gasteiger partial charge in [0.1, 0.15) is 0 Å². The van der Waals surface area contributed by atoms with E-state index in [1.165, 1.54) is 5.56 Å². The van der Waals surface area contributed by atoms with Crippen LogP contribution in [0.5, 0.6) is 0 Å². The lowest BCUT2D eigenvalue weighted by atomic mass is 10.1. The molecule has 0 fully saturated rings. The first-order chi connectivity index (χ1) is 10.1. The zero-order valence-corrected chi connectivity index (χ0v) is 14.6. The van der Waals surface area contributed by atoms with Gasteiger partial charge in [0, 0.05) is 21.7 Å². The van der Waals surface area contributed by atoms with Gasteiger partial charge >= 0.3 is 0 Å². The molecular formula is C16H16BrClN2S. The van der Waals surface area contributed by atoms with Crippen molar-refractivity contribution in [1.82, 2.24) is 5.32 Å². The highest BCUT2D eigenvalue weighted by Crippen LogP contribution is 2.16. The number of rotatable bonds is 5. The van der Waals surface area contributed by atoms with Gasteiger partial charge in [-0.25, -0.2) is 0 Å². The maximum absolute atomic E-state index is 6.12. The summed E-state index contributed by atoms with van der Waals surface area (Å²) in [5.74, 6) is 0. The van der Waals surface area contributed by atoms with Crippen LogP contribution in [0.2, 0.25) is 5.02 Å². The van der Waals surface area contributed by atoms with Crippen LogP contribution < -0.4 is 10.6 Å². The number of hydrogen-bond acceptors (Lipinski definition) is 1. The quantitative estimate of drug-likeness (QED) is 0.560. The third kappa shape index (κ3) is 5.65. The Labute approximate surface area is 144 Å². The zero-order valence-electron chi connectivity index (χ0n) is 11.4. The minimum Gasteiger partial charge on any atom is -0.362 e. The van der Waals surface area contributed by atoms with Crippen molar-refractivity contribution < 1.29 is 0 Å². The van der Waals surface area contributed by atoms with Crippen LogP contribution in [0.25, 0.3) is 0 Å². The Bertz CT molecular complexity index is 619. The van der Waals surface area contributed by atoms with Gasteiger partial charge in [-0.2, -0.15) is 0 Å². The van der Waals surface area contributed by atoms with E-state index in [0.717, 1.165) is 34.6 Å². The number of anilines is 1. The summed E-state index contributed by atoms with van der Waals surface area (Å²) in [6.45, 7) is 0.811. The summed E-state index contributed by atoms with van der Waals surface area (Å²) in [4.78, 5) is 0. The number of benzene rings is 2. The molecule has 0 aliphatic rings. The number of aryl methyl sites for hydroxylation is 1. The molecule has 2 aromatic rings. The summed E-state index contributed by atoms with van der Waals surface area (Å²) < 4.78 is 1.02. The summed E-state index contributed by atoms with van der Waals surface area (Å²) >= 11 is 14.8. The molecule has 2 rings (SSSR count). The van der Waals surface area contributed by atoms with Crippen LogP contribution in [-0.2, 0) is 6.42 Å². The van der Waals surface area contributed by atoms with Crippen LogP contribution in [0.1, 0.15) is 12.0 Å². The molecule has 0 amide bonds. The molecule has 0 bridgehead atoms. The summed E-state index contributed by atoms with van der Waals surface area (Å²) in [7, 11) is 0. The van der Waals surface area contributed by atoms with Crippen molar-refractivity contribution in [2.24, 2.45) is 0 Å². The molecule has 2 aromatic carbocycles. The van der Waals surface area contributed by atoms with Crippen LogP contribution in [0.3, 0.4) is 0 Å². The Kier molecular flexibility index (Phi) is 6.49. The fourth-order valence-corrected chi connectivity index (χ4v) is 2.77. The van der Waals surface area contributed by atoms with Crippen molar-refractivity contribution in [1.29, 1.82) is 0 Å². The average molecular weight is 384 g/mol. The predicted octanol–water partition coefficient (Wildman–Crippen LogP) is 5.02. The topological polar surface area (TPSA) is 24.1 Å². The molecular weight excluding hydrogens is 368 g/mol. The van der Waals surface area contributed by atoms with E-state index in [1.807, 2.05) is 42.5 Å². The molecule has 0 atom stereocenters. The third-order valence-electron chi connectivity index (χ3n) is 2.95. The molecule has 0 spiro atoms. The fourth-order valence-electron chi connectivity index (χ4n) is 1.92. The molecule has 0 unspecified atom stereocenters. The van der Waals surface area contributed by atoms with E-state index in [1.54, 1.807) is 0 Å². The molecule has 0 radical (unpaired) electrons. The predicted molar refractivity (Wildman–Crippen MR) is 98.1 cm³/mol. The minimum atomic E-state index is 0.632. The maximum atomic E-state index is 6.12. The van der Waals surface area contributed by atoms with E-state index in [4.69, 9.17) is 23.8 Å². The van der Waals surface area contributed by atoms with Crippen molar-refractivity contribution in [2.45, 2.75) is 12.8 Å². The van der Waals surface area contributed by atoms with E-state index in [2.05, 4.69) is 32.6 Å². The minimum absolute atomic E-state index is 0.632. The summed E-state index contributed by atoms with van der Waals surface area (Å²) in [5, 5.41) is 7.82. The van der Waals surface area contributed by atoms with Gasteiger partial charge < -0.3 is 10.6 Å². The molecule has 0 saturated carbocycles. The van der Waals surface area contributed by atoms with Gasteiger partial charge in [-0.15, -0.1) is 0 Å². The average Bonchev–Trinajstić information content (AvgIpc) is 2.45. The van der Waals surface area contributed by atoms with E-state index in [9.17, 15) is 0 Å². The fraction of sp³-hybridized carbons (Fsp3) is 0.188. The second-order valence-corrected chi connectivity index (χ2v) is 6.32. The molecule has 21 heavy (non-hydrogen) atoms. The van der Waals surface area contributed by atoms with Crippen LogP contribution in [0, 0.1) is 0 Å². The molecule has 0 saturated heterocycles. The normalized spacial score (nSPS) is 10.2. The van der Waals surface area contributed by atoms with Crippen molar-refractivity contribution in [3.8, 4) is 0 Å². The van der Waals surface area contributed by atoms with Gasteiger partial charge in [-0.05, 0) is 54.9 Å². The molecule has 2 nitrogen and oxygen atoms in total. The molecule has 5 heteroatoms. The first kappa shape index (κ1) is 16.3. The summed E-state index contributed by atoms with van der Waals surface area (Å²) in [6.07, 6.45) is 1.91. The molecule has 0 aromatic heterocycles. The van der Waals surface area contributed by atoms with Crippen molar-refractivity contribution in [3.05, 3.63) is 63.6 Å². The Balaban J connectivity index is 1.71. The van der Waals surface area contributed by atoms with Crippen molar-refractivity contribution in [2.75, 3.05) is 11.9 Å². The lowest BCUT2D eigenvalue weighted by Gasteiger charge is -2.11. The summed E-state index contributed by atoms with van der Waals surface area (Å²) in [6, 6.07) is 15.8. The van der Waals surface area contributed by atoms with Crippen LogP contribution >= 0.6 is 39.7 Å². The van der Waals surface area contributed by atoms with Gasteiger partial charge in [0.25, 0.3) is 0 Å². The first-order valence-electron chi connectivity index (χ1n) is 6.69. The first-order valence-corrected chi connectivity index (χ1v) is 8.27. The van der Waals surface area contributed by atoms with Gasteiger partial charge in [-0.1, -0.05) is 51.8 Å². The van der Waals surface area contributed by atoms with E-state index >= 15 is 0 Å². The number of hydrogen-bond donors (Lipinski definition) is 2. The molecule has 0 aliphatic heterocycles. The Morgan fingerprint density at radius 3 is 2.71 bits per heavy atom. The lowest BCUT2D eigenvalue weighted by molar-refractivity contribution is 0.777. The molecule has 2 N–H and O–H groups in total. The van der Waals surface area contributed by atoms with E-state index in [0.29, 0.717) is 5.11 Å². The van der Waals surface area contributed by atoms with Crippen molar-refractivity contribution >= 4 is 50.5 Å². The van der Waals surface area contributed by atoms with Gasteiger partial charge in [0.2, 0.25) is 0 Å². The van der Waals surface area contributed by atoms with Gasteiger partial charge in [0.15, 0.2) is 5.11 Å². The number of thiocarbonyl (C=S) groups is 1. The second kappa shape index (κ2) is 8.37. The third-order valence-corrected chi connectivity index (χ3v) is 4.06. The molecule has 0 aliphatic carbocycles. The molecule has 110 valence electrons. The number of nitrogens with one attached hydrogen (secondary N) is 2.